The van der Waals surface area contributed by atoms with Crippen LogP contribution in [0.25, 0.3) is 10.9 Å². The van der Waals surface area contributed by atoms with Gasteiger partial charge in [0.15, 0.2) is 0 Å². The van der Waals surface area contributed by atoms with Gasteiger partial charge in [-0.2, -0.15) is 0 Å². The van der Waals surface area contributed by atoms with E-state index in [2.05, 4.69) is 15.7 Å². The fourth-order valence-electron chi connectivity index (χ4n) is 4.78. The summed E-state index contributed by atoms with van der Waals surface area (Å²) in [5, 5.41) is 10.3. The number of aromatic nitrogens is 1. The molecule has 1 aliphatic heterocycles. The molecule has 1 fully saturated rings. The number of likely N-dealkylation sites (tertiary alicyclic amines) is 1. The second-order valence-corrected chi connectivity index (χ2v) is 8.51. The molecule has 2 aromatic heterocycles. The second-order valence-electron chi connectivity index (χ2n) is 8.51. The van der Waals surface area contributed by atoms with Gasteiger partial charge in [-0.25, -0.2) is 9.18 Å². The predicted molar refractivity (Wildman–Crippen MR) is 120 cm³/mol. The van der Waals surface area contributed by atoms with Crippen LogP contribution in [0, 0.1) is 5.82 Å². The number of fused-ring (bicyclic) bond motifs is 1. The maximum Gasteiger partial charge on any atom is 0.335 e. The molecule has 1 N–H and O–H groups in total. The largest absolute Gasteiger partial charge is 0.478 e. The number of nitrogens with zero attached hydrogens (tertiary/aromatic N) is 2. The van der Waals surface area contributed by atoms with Gasteiger partial charge in [0, 0.05) is 18.1 Å². The fraction of sp³-hybridized carbons (Fsp3) is 0.269. The average molecular weight is 432 g/mol. The number of halogens is 1. The van der Waals surface area contributed by atoms with Crippen molar-refractivity contribution in [3.63, 3.8) is 0 Å². The minimum absolute atomic E-state index is 0.235. The van der Waals surface area contributed by atoms with Crippen LogP contribution in [0.15, 0.2) is 71.5 Å². The van der Waals surface area contributed by atoms with Crippen molar-refractivity contribution in [2.24, 2.45) is 0 Å². The Labute approximate surface area is 185 Å². The molecule has 5 nitrogen and oxygen atoms in total. The predicted octanol–water partition coefficient (Wildman–Crippen LogP) is 5.50. The van der Waals surface area contributed by atoms with Gasteiger partial charge in [-0.15, -0.1) is 0 Å². The van der Waals surface area contributed by atoms with E-state index < -0.39 is 5.97 Å². The van der Waals surface area contributed by atoms with Crippen LogP contribution in [-0.2, 0) is 13.1 Å². The zero-order valence-corrected chi connectivity index (χ0v) is 17.7. The summed E-state index contributed by atoms with van der Waals surface area (Å²) in [4.78, 5) is 13.6. The molecular weight excluding hydrogens is 407 g/mol. The van der Waals surface area contributed by atoms with Gasteiger partial charge in [0.2, 0.25) is 0 Å². The van der Waals surface area contributed by atoms with E-state index in [1.54, 1.807) is 30.5 Å². The minimum Gasteiger partial charge on any atom is -0.478 e. The summed E-state index contributed by atoms with van der Waals surface area (Å²) in [6.07, 6.45) is 5.83. The molecule has 2 aromatic carbocycles. The highest BCUT2D eigenvalue weighted by Crippen LogP contribution is 2.35. The van der Waals surface area contributed by atoms with Crippen LogP contribution < -0.4 is 0 Å². The van der Waals surface area contributed by atoms with Crippen molar-refractivity contribution in [2.45, 2.75) is 31.8 Å². The van der Waals surface area contributed by atoms with Crippen LogP contribution in [0.4, 0.5) is 4.39 Å². The number of carbonyl (C=O) groups is 1. The number of aromatic carboxylic acids is 1. The summed E-state index contributed by atoms with van der Waals surface area (Å²) in [7, 11) is 0. The Morgan fingerprint density at radius 1 is 1.06 bits per heavy atom. The van der Waals surface area contributed by atoms with Gasteiger partial charge in [0.1, 0.15) is 11.6 Å². The molecule has 0 saturated carbocycles. The van der Waals surface area contributed by atoms with Crippen molar-refractivity contribution in [2.75, 3.05) is 13.1 Å². The Hall–Kier alpha value is -3.38. The van der Waals surface area contributed by atoms with Gasteiger partial charge < -0.3 is 14.1 Å². The molecule has 0 amide bonds. The molecule has 164 valence electrons. The number of benzene rings is 2. The molecule has 0 atom stereocenters. The first-order valence-corrected chi connectivity index (χ1v) is 10.9. The third-order valence-corrected chi connectivity index (χ3v) is 6.39. The van der Waals surface area contributed by atoms with Crippen LogP contribution >= 0.6 is 0 Å². The Morgan fingerprint density at radius 2 is 1.91 bits per heavy atom. The van der Waals surface area contributed by atoms with Crippen LogP contribution in [0.3, 0.4) is 0 Å². The zero-order valence-electron chi connectivity index (χ0n) is 17.7. The molecular formula is C26H25FN2O3. The first-order valence-electron chi connectivity index (χ1n) is 10.9. The Kier molecular flexibility index (Phi) is 5.53. The van der Waals surface area contributed by atoms with Gasteiger partial charge in [-0.1, -0.05) is 12.1 Å². The van der Waals surface area contributed by atoms with E-state index in [0.717, 1.165) is 54.7 Å². The van der Waals surface area contributed by atoms with Crippen molar-refractivity contribution in [1.29, 1.82) is 0 Å². The Morgan fingerprint density at radius 3 is 2.66 bits per heavy atom. The normalized spacial score (nSPS) is 15.4. The van der Waals surface area contributed by atoms with Crippen molar-refractivity contribution in [3.05, 3.63) is 95.3 Å². The highest BCUT2D eigenvalue weighted by Gasteiger charge is 2.24. The lowest BCUT2D eigenvalue weighted by Crippen LogP contribution is -2.32. The fourth-order valence-corrected chi connectivity index (χ4v) is 4.78. The average Bonchev–Trinajstić information content (AvgIpc) is 3.43. The molecule has 1 saturated heterocycles. The minimum atomic E-state index is -0.895. The summed E-state index contributed by atoms with van der Waals surface area (Å²) in [6, 6.07) is 16.0. The molecule has 4 aromatic rings. The van der Waals surface area contributed by atoms with Gasteiger partial charge in [-0.05, 0) is 85.4 Å². The summed E-state index contributed by atoms with van der Waals surface area (Å²) in [6.45, 7) is 3.20. The third kappa shape index (κ3) is 4.18. The van der Waals surface area contributed by atoms with Gasteiger partial charge in [0.25, 0.3) is 0 Å². The van der Waals surface area contributed by atoms with Crippen molar-refractivity contribution >= 4 is 16.9 Å². The van der Waals surface area contributed by atoms with Crippen molar-refractivity contribution < 1.29 is 18.7 Å². The van der Waals surface area contributed by atoms with E-state index in [-0.39, 0.29) is 5.82 Å². The molecule has 0 radical (unpaired) electrons. The van der Waals surface area contributed by atoms with Crippen molar-refractivity contribution in [3.8, 4) is 0 Å². The van der Waals surface area contributed by atoms with E-state index in [9.17, 15) is 14.3 Å². The molecule has 0 unspecified atom stereocenters. The van der Waals surface area contributed by atoms with E-state index in [0.29, 0.717) is 18.0 Å². The van der Waals surface area contributed by atoms with Crippen LogP contribution in [-0.4, -0.2) is 33.6 Å². The van der Waals surface area contributed by atoms with E-state index in [4.69, 9.17) is 4.42 Å². The number of hydrogen-bond acceptors (Lipinski definition) is 3. The van der Waals surface area contributed by atoms with Crippen LogP contribution in [0.5, 0.6) is 0 Å². The standard InChI is InChI=1S/C26H25FN2O3/c27-21-6-7-23-24(17-29(25(23)14-21)16-22-5-2-12-32-22)19-8-10-28(11-9-19)15-18-3-1-4-20(13-18)26(30)31/h1-7,12-14,17,19H,8-11,15-16H2,(H,30,31). The first kappa shape index (κ1) is 20.5. The second kappa shape index (κ2) is 8.63. The smallest absolute Gasteiger partial charge is 0.335 e. The number of carboxylic acid groups (broad SMARTS) is 1. The maximum atomic E-state index is 14.0. The molecule has 1 aliphatic rings. The lowest BCUT2D eigenvalue weighted by atomic mass is 9.89. The lowest BCUT2D eigenvalue weighted by Gasteiger charge is -2.32. The van der Waals surface area contributed by atoms with E-state index in [1.165, 1.54) is 11.6 Å². The summed E-state index contributed by atoms with van der Waals surface area (Å²) < 4.78 is 21.6. The molecule has 6 heteroatoms. The first-order chi connectivity index (χ1) is 15.6. The Balaban J connectivity index is 1.32. The van der Waals surface area contributed by atoms with E-state index >= 15 is 0 Å². The summed E-state index contributed by atoms with van der Waals surface area (Å²) in [5.74, 6) is 0.118. The highest BCUT2D eigenvalue weighted by molar-refractivity contribution is 5.87. The summed E-state index contributed by atoms with van der Waals surface area (Å²) in [5.41, 5.74) is 3.51. The van der Waals surface area contributed by atoms with Gasteiger partial charge in [0.05, 0.1) is 23.9 Å². The number of rotatable bonds is 6. The van der Waals surface area contributed by atoms with Gasteiger partial charge in [-0.3, -0.25) is 4.90 Å². The SMILES string of the molecule is O=C(O)c1cccc(CN2CCC(c3cn(Cc4ccco4)c4cc(F)ccc34)CC2)c1. The maximum absolute atomic E-state index is 14.0. The number of piperidine rings is 1. The molecule has 0 aliphatic carbocycles. The highest BCUT2D eigenvalue weighted by atomic mass is 19.1. The molecule has 0 bridgehead atoms. The summed E-state index contributed by atoms with van der Waals surface area (Å²) >= 11 is 0. The number of hydrogen-bond donors (Lipinski definition) is 1. The third-order valence-electron chi connectivity index (χ3n) is 6.39. The van der Waals surface area contributed by atoms with Crippen LogP contribution in [0.2, 0.25) is 0 Å². The van der Waals surface area contributed by atoms with Gasteiger partial charge >= 0.3 is 5.97 Å². The molecule has 0 spiro atoms. The Bertz CT molecular complexity index is 1240. The quantitative estimate of drug-likeness (QED) is 0.437. The van der Waals surface area contributed by atoms with E-state index in [1.807, 2.05) is 24.3 Å². The lowest BCUT2D eigenvalue weighted by molar-refractivity contribution is 0.0696. The zero-order chi connectivity index (χ0) is 22.1. The number of carboxylic acids is 1. The molecule has 32 heavy (non-hydrogen) atoms. The van der Waals surface area contributed by atoms with Crippen molar-refractivity contribution in [1.82, 2.24) is 9.47 Å². The molecule has 3 heterocycles. The van der Waals surface area contributed by atoms with Crippen LogP contribution in [0.1, 0.15) is 46.0 Å². The topological polar surface area (TPSA) is 58.6 Å². The molecule has 5 rings (SSSR count). The number of furan rings is 1. The monoisotopic (exact) mass is 432 g/mol.